The fraction of sp³-hybridized carbons (Fsp3) is 0.269. The van der Waals surface area contributed by atoms with Crippen LogP contribution >= 0.6 is 0 Å². The number of nitrogens with one attached hydrogen (secondary N) is 1. The van der Waals surface area contributed by atoms with Gasteiger partial charge in [-0.15, -0.1) is 0 Å². The number of sulfonamides is 1. The molecule has 0 spiro atoms. The van der Waals surface area contributed by atoms with Crippen LogP contribution in [0.2, 0.25) is 0 Å². The summed E-state index contributed by atoms with van der Waals surface area (Å²) in [5.41, 5.74) is 3.68. The maximum absolute atomic E-state index is 12.3. The van der Waals surface area contributed by atoms with Crippen molar-refractivity contribution >= 4 is 26.6 Å². The molecule has 2 heterocycles. The number of anilines is 1. The van der Waals surface area contributed by atoms with Gasteiger partial charge in [0.25, 0.3) is 0 Å². The predicted molar refractivity (Wildman–Crippen MR) is 135 cm³/mol. The van der Waals surface area contributed by atoms with Crippen molar-refractivity contribution in [2.24, 2.45) is 5.92 Å². The molecule has 178 valence electrons. The highest BCUT2D eigenvalue weighted by atomic mass is 32.2. The van der Waals surface area contributed by atoms with Crippen LogP contribution in [0, 0.1) is 17.2 Å². The van der Waals surface area contributed by atoms with Crippen molar-refractivity contribution in [3.8, 4) is 29.1 Å². The smallest absolute Gasteiger partial charge is 0.321 e. The number of hydrogen-bond acceptors (Lipinski definition) is 6. The van der Waals surface area contributed by atoms with Crippen LogP contribution in [-0.2, 0) is 10.0 Å². The molecule has 0 aliphatic heterocycles. The molecule has 0 saturated heterocycles. The monoisotopic (exact) mass is 487 g/mol. The summed E-state index contributed by atoms with van der Waals surface area (Å²) in [6.07, 6.45) is 5.29. The highest BCUT2D eigenvalue weighted by Gasteiger charge is 2.31. The second-order valence-electron chi connectivity index (χ2n) is 9.10. The molecule has 1 aliphatic carbocycles. The standard InChI is InChI=1S/C26H25N5O3S/c1-17(2)16-35(32,33)30-19-6-4-18(5-7-19)25-23(15-27)22-11-10-21(34-26-28-12-3-13-29-26)14-24(22)31(25)20-8-9-20/h3-7,10-14,17,20,30H,8-9,16H2,1-2H3. The van der Waals surface area contributed by atoms with Crippen LogP contribution in [0.5, 0.6) is 11.8 Å². The minimum absolute atomic E-state index is 0.0292. The summed E-state index contributed by atoms with van der Waals surface area (Å²) in [5.74, 6) is 0.678. The van der Waals surface area contributed by atoms with Gasteiger partial charge in [-0.2, -0.15) is 5.26 Å². The zero-order chi connectivity index (χ0) is 24.6. The van der Waals surface area contributed by atoms with Gasteiger partial charge in [0.1, 0.15) is 11.8 Å². The van der Waals surface area contributed by atoms with Crippen molar-refractivity contribution in [1.29, 1.82) is 5.26 Å². The Morgan fingerprint density at radius 2 is 1.86 bits per heavy atom. The van der Waals surface area contributed by atoms with Gasteiger partial charge in [-0.05, 0) is 54.7 Å². The van der Waals surface area contributed by atoms with E-state index in [1.54, 1.807) is 30.6 Å². The second kappa shape index (κ2) is 9.04. The van der Waals surface area contributed by atoms with Crippen LogP contribution in [0.15, 0.2) is 60.9 Å². The molecule has 0 atom stereocenters. The minimum atomic E-state index is -3.42. The van der Waals surface area contributed by atoms with Gasteiger partial charge in [0.2, 0.25) is 10.0 Å². The lowest BCUT2D eigenvalue weighted by Gasteiger charge is -2.13. The number of ether oxygens (including phenoxy) is 1. The van der Waals surface area contributed by atoms with Gasteiger partial charge in [0, 0.05) is 35.6 Å². The Labute approximate surface area is 204 Å². The Balaban J connectivity index is 1.54. The third-order valence-electron chi connectivity index (χ3n) is 5.74. The van der Waals surface area contributed by atoms with Gasteiger partial charge >= 0.3 is 6.01 Å². The SMILES string of the molecule is CC(C)CS(=O)(=O)Nc1ccc(-c2c(C#N)c3ccc(Oc4ncccn4)cc3n2C2CC2)cc1. The van der Waals surface area contributed by atoms with Crippen molar-refractivity contribution < 1.29 is 13.2 Å². The van der Waals surface area contributed by atoms with Crippen LogP contribution in [0.4, 0.5) is 5.69 Å². The van der Waals surface area contributed by atoms with Crippen LogP contribution in [0.3, 0.4) is 0 Å². The van der Waals surface area contributed by atoms with Crippen molar-refractivity contribution in [3.63, 3.8) is 0 Å². The van der Waals surface area contributed by atoms with E-state index in [1.807, 2.05) is 44.2 Å². The van der Waals surface area contributed by atoms with E-state index in [-0.39, 0.29) is 17.7 Å². The van der Waals surface area contributed by atoms with Crippen LogP contribution in [0.1, 0.15) is 38.3 Å². The minimum Gasteiger partial charge on any atom is -0.424 e. The van der Waals surface area contributed by atoms with E-state index < -0.39 is 10.0 Å². The van der Waals surface area contributed by atoms with Crippen LogP contribution < -0.4 is 9.46 Å². The zero-order valence-electron chi connectivity index (χ0n) is 19.5. The zero-order valence-corrected chi connectivity index (χ0v) is 20.3. The van der Waals surface area contributed by atoms with Crippen molar-refractivity contribution in [1.82, 2.24) is 14.5 Å². The summed E-state index contributed by atoms with van der Waals surface area (Å²) < 4.78 is 35.3. The molecule has 1 aliphatic rings. The molecule has 2 aromatic carbocycles. The van der Waals surface area contributed by atoms with Crippen molar-refractivity contribution in [2.75, 3.05) is 10.5 Å². The molecule has 1 N–H and O–H groups in total. The molecule has 0 bridgehead atoms. The molecular weight excluding hydrogens is 462 g/mol. The number of nitriles is 1. The van der Waals surface area contributed by atoms with Gasteiger partial charge in [-0.1, -0.05) is 26.0 Å². The highest BCUT2D eigenvalue weighted by molar-refractivity contribution is 7.92. The van der Waals surface area contributed by atoms with Gasteiger partial charge in [-0.25, -0.2) is 18.4 Å². The van der Waals surface area contributed by atoms with E-state index in [4.69, 9.17) is 4.74 Å². The molecule has 9 heteroatoms. The third-order valence-corrected chi connectivity index (χ3v) is 7.39. The molecule has 4 aromatic rings. The average molecular weight is 488 g/mol. The Morgan fingerprint density at radius 1 is 1.14 bits per heavy atom. The number of benzene rings is 2. The predicted octanol–water partition coefficient (Wildman–Crippen LogP) is 5.49. The van der Waals surface area contributed by atoms with Crippen molar-refractivity contribution in [3.05, 3.63) is 66.5 Å². The van der Waals surface area contributed by atoms with E-state index >= 15 is 0 Å². The first-order valence-electron chi connectivity index (χ1n) is 11.5. The lowest BCUT2D eigenvalue weighted by Crippen LogP contribution is -2.19. The fourth-order valence-electron chi connectivity index (χ4n) is 4.26. The largest absolute Gasteiger partial charge is 0.424 e. The quantitative estimate of drug-likeness (QED) is 0.352. The lowest BCUT2D eigenvalue weighted by molar-refractivity contribution is 0.442. The van der Waals surface area contributed by atoms with Crippen LogP contribution in [0.25, 0.3) is 22.2 Å². The normalized spacial score (nSPS) is 13.7. The van der Waals surface area contributed by atoms with Crippen molar-refractivity contribution in [2.45, 2.75) is 32.7 Å². The number of aromatic nitrogens is 3. The van der Waals surface area contributed by atoms with E-state index in [0.717, 1.165) is 35.0 Å². The summed E-state index contributed by atoms with van der Waals surface area (Å²) in [5, 5.41) is 10.9. The van der Waals surface area contributed by atoms with Gasteiger partial charge in [-0.3, -0.25) is 4.72 Å². The summed E-state index contributed by atoms with van der Waals surface area (Å²) in [6, 6.07) is 17.5. The van der Waals surface area contributed by atoms with E-state index in [9.17, 15) is 13.7 Å². The summed E-state index contributed by atoms with van der Waals surface area (Å²) >= 11 is 0. The lowest BCUT2D eigenvalue weighted by atomic mass is 10.1. The van der Waals surface area contributed by atoms with E-state index in [1.165, 1.54) is 0 Å². The number of rotatable bonds is 8. The first-order valence-corrected chi connectivity index (χ1v) is 13.1. The molecule has 35 heavy (non-hydrogen) atoms. The van der Waals surface area contributed by atoms with Crippen LogP contribution in [-0.4, -0.2) is 28.7 Å². The molecule has 5 rings (SSSR count). The maximum atomic E-state index is 12.3. The summed E-state index contributed by atoms with van der Waals surface area (Å²) in [7, 11) is -3.42. The average Bonchev–Trinajstić information content (AvgIpc) is 3.60. The highest BCUT2D eigenvalue weighted by Crippen LogP contribution is 2.45. The van der Waals surface area contributed by atoms with Gasteiger partial charge in [0.05, 0.1) is 22.5 Å². The Hall–Kier alpha value is -3.90. The van der Waals surface area contributed by atoms with Gasteiger partial charge in [0.15, 0.2) is 0 Å². The topological polar surface area (TPSA) is 110 Å². The number of nitrogens with zero attached hydrogens (tertiary/aromatic N) is 4. The second-order valence-corrected chi connectivity index (χ2v) is 10.9. The molecule has 0 amide bonds. The van der Waals surface area contributed by atoms with E-state index in [2.05, 4.69) is 25.3 Å². The van der Waals surface area contributed by atoms with E-state index in [0.29, 0.717) is 23.0 Å². The fourth-order valence-corrected chi connectivity index (χ4v) is 5.72. The Morgan fingerprint density at radius 3 is 2.49 bits per heavy atom. The molecule has 1 saturated carbocycles. The molecular formula is C26H25N5O3S. The molecule has 0 radical (unpaired) electrons. The first-order chi connectivity index (χ1) is 16.8. The first kappa shape index (κ1) is 22.9. The Kier molecular flexibility index (Phi) is 5.91. The van der Waals surface area contributed by atoms with Gasteiger partial charge < -0.3 is 9.30 Å². The molecule has 2 aromatic heterocycles. The summed E-state index contributed by atoms with van der Waals surface area (Å²) in [4.78, 5) is 8.24. The molecule has 0 unspecified atom stereocenters. The molecule has 1 fully saturated rings. The number of fused-ring (bicyclic) bond motifs is 1. The Bertz CT molecular complexity index is 1520. The molecule has 8 nitrogen and oxygen atoms in total. The number of hydrogen-bond donors (Lipinski definition) is 1. The third kappa shape index (κ3) is 4.84. The summed E-state index contributed by atoms with van der Waals surface area (Å²) in [6.45, 7) is 3.73. The maximum Gasteiger partial charge on any atom is 0.321 e.